The number of hydroxylamine groups is 2. The molecule has 2 bridgehead atoms. The van der Waals surface area contributed by atoms with Crippen molar-refractivity contribution in [1.82, 2.24) is 15.7 Å². The fraction of sp³-hybridized carbons (Fsp3) is 0.523. The van der Waals surface area contributed by atoms with Gasteiger partial charge in [-0.05, 0) is 72.3 Å². The van der Waals surface area contributed by atoms with Crippen LogP contribution >= 0.6 is 0 Å². The number of nitrogens with two attached hydrogens (primary N) is 1. The molecule has 3 saturated carbocycles. The van der Waals surface area contributed by atoms with E-state index in [1.54, 1.807) is 31.2 Å². The highest BCUT2D eigenvalue weighted by Gasteiger charge is 2.57. The number of carbonyl (C=O) groups excluding carboxylic acids is 3. The topological polar surface area (TPSA) is 156 Å². The quantitative estimate of drug-likeness (QED) is 0.172. The highest BCUT2D eigenvalue weighted by atomic mass is 16.7. The summed E-state index contributed by atoms with van der Waals surface area (Å²) < 4.78 is 11.1. The molecule has 56 heavy (non-hydrogen) atoms. The molecule has 1 heterocycles. The van der Waals surface area contributed by atoms with Crippen LogP contribution in [0.4, 0.5) is 5.69 Å². The smallest absolute Gasteiger partial charge is 0.328 e. The van der Waals surface area contributed by atoms with E-state index in [0.717, 1.165) is 28.8 Å². The Hall–Kier alpha value is -4.49. The van der Waals surface area contributed by atoms with Gasteiger partial charge in [0.1, 0.15) is 17.8 Å². The standard InChI is InChI=1S/C44H59N5O7/c1-25-34-21-31(44(34,3)4)22-35(25)46-42(52)39-38(26(2)50)37(23-45)56-49(39)24-28-15-12-16-33(40(28)54-7)29-18-30(20-32(19-29)48(5)6)41(51)47-36(43(53)55-8)17-27-13-10-9-11-14-27/h9-16,18-20,25-26,31,34-39,50H,17,21-24,45H2,1-8H3,(H,46,52)(H,47,51)/t25-,26-,31+,34+,35-,36-,37-,38+,39-/m0/s1. The number of rotatable bonds is 14. The van der Waals surface area contributed by atoms with Crippen LogP contribution in [0.1, 0.15) is 62.0 Å². The lowest BCUT2D eigenvalue weighted by Crippen LogP contribution is -2.62. The number of carbonyl (C=O) groups is 3. The van der Waals surface area contributed by atoms with E-state index in [2.05, 4.69) is 31.4 Å². The molecule has 0 aromatic heterocycles. The number of nitrogens with one attached hydrogen (secondary N) is 2. The molecule has 12 heteroatoms. The Morgan fingerprint density at radius 3 is 2.39 bits per heavy atom. The van der Waals surface area contributed by atoms with Crippen LogP contribution in [0.15, 0.2) is 66.7 Å². The summed E-state index contributed by atoms with van der Waals surface area (Å²) in [5, 5.41) is 18.9. The van der Waals surface area contributed by atoms with Gasteiger partial charge in [0.15, 0.2) is 0 Å². The summed E-state index contributed by atoms with van der Waals surface area (Å²) in [6.07, 6.45) is 0.990. The summed E-state index contributed by atoms with van der Waals surface area (Å²) in [6, 6.07) is 19.1. The number of hydrogen-bond acceptors (Lipinski definition) is 10. The first-order chi connectivity index (χ1) is 26.7. The molecule has 1 saturated heterocycles. The van der Waals surface area contributed by atoms with E-state index in [9.17, 15) is 19.5 Å². The van der Waals surface area contributed by atoms with E-state index in [4.69, 9.17) is 20.0 Å². The van der Waals surface area contributed by atoms with Crippen LogP contribution < -0.4 is 26.0 Å². The van der Waals surface area contributed by atoms with E-state index in [-0.39, 0.29) is 36.9 Å². The van der Waals surface area contributed by atoms with Gasteiger partial charge in [0.05, 0.1) is 33.0 Å². The van der Waals surface area contributed by atoms with E-state index >= 15 is 0 Å². The average Bonchev–Trinajstić information content (AvgIpc) is 3.56. The number of benzene rings is 3. The fourth-order valence-corrected chi connectivity index (χ4v) is 9.46. The zero-order chi connectivity index (χ0) is 40.5. The Morgan fingerprint density at radius 2 is 1.79 bits per heavy atom. The van der Waals surface area contributed by atoms with E-state index < -0.39 is 42.1 Å². The van der Waals surface area contributed by atoms with Gasteiger partial charge in [0, 0.05) is 61.4 Å². The third-order valence-corrected chi connectivity index (χ3v) is 12.8. The molecule has 7 rings (SSSR count). The number of para-hydroxylation sites is 1. The molecule has 4 aliphatic rings. The minimum Gasteiger partial charge on any atom is -0.496 e. The van der Waals surface area contributed by atoms with Gasteiger partial charge in [-0.1, -0.05) is 69.3 Å². The van der Waals surface area contributed by atoms with Gasteiger partial charge in [-0.15, -0.1) is 0 Å². The van der Waals surface area contributed by atoms with Gasteiger partial charge in [0.2, 0.25) is 5.91 Å². The zero-order valence-corrected chi connectivity index (χ0v) is 34.0. The summed E-state index contributed by atoms with van der Waals surface area (Å²) in [5.74, 6) is 0.310. The molecule has 3 aromatic rings. The van der Waals surface area contributed by atoms with Crippen LogP contribution in [0.5, 0.6) is 5.75 Å². The van der Waals surface area contributed by atoms with Crippen LogP contribution in [-0.4, -0.2) is 93.1 Å². The minimum atomic E-state index is -0.897. The number of amides is 2. The lowest BCUT2D eigenvalue weighted by atomic mass is 9.45. The van der Waals surface area contributed by atoms with Crippen molar-refractivity contribution in [2.75, 3.05) is 39.8 Å². The average molecular weight is 770 g/mol. The van der Waals surface area contributed by atoms with Gasteiger partial charge >= 0.3 is 5.97 Å². The number of ether oxygens (including phenoxy) is 2. The predicted molar refractivity (Wildman–Crippen MR) is 216 cm³/mol. The van der Waals surface area contributed by atoms with E-state index in [1.165, 1.54) is 13.5 Å². The molecule has 3 aromatic carbocycles. The van der Waals surface area contributed by atoms with Crippen molar-refractivity contribution < 1.29 is 33.8 Å². The summed E-state index contributed by atoms with van der Waals surface area (Å²) in [7, 11) is 6.67. The van der Waals surface area contributed by atoms with E-state index in [0.29, 0.717) is 34.6 Å². The number of fused-ring (bicyclic) bond motifs is 2. The van der Waals surface area contributed by atoms with Gasteiger partial charge in [0.25, 0.3) is 5.91 Å². The molecule has 302 valence electrons. The maximum Gasteiger partial charge on any atom is 0.328 e. The van der Waals surface area contributed by atoms with Crippen LogP contribution in [0, 0.1) is 29.1 Å². The van der Waals surface area contributed by atoms with Crippen molar-refractivity contribution >= 4 is 23.5 Å². The number of aliphatic hydroxyl groups excluding tert-OH is 1. The van der Waals surface area contributed by atoms with Crippen molar-refractivity contribution in [2.24, 2.45) is 34.8 Å². The Balaban J connectivity index is 1.29. The number of esters is 1. The van der Waals surface area contributed by atoms with Gasteiger partial charge in [-0.2, -0.15) is 5.06 Å². The molecule has 4 fully saturated rings. The maximum absolute atomic E-state index is 14.3. The summed E-state index contributed by atoms with van der Waals surface area (Å²) in [4.78, 5) is 49.3. The van der Waals surface area contributed by atoms with Crippen molar-refractivity contribution in [3.8, 4) is 16.9 Å². The molecule has 5 N–H and O–H groups in total. The molecule has 1 aliphatic heterocycles. The minimum absolute atomic E-state index is 0.0437. The third-order valence-electron chi connectivity index (χ3n) is 12.8. The van der Waals surface area contributed by atoms with E-state index in [1.807, 2.05) is 73.6 Å². The molecular weight excluding hydrogens is 711 g/mol. The lowest BCUT2D eigenvalue weighted by molar-refractivity contribution is -0.175. The second-order valence-corrected chi connectivity index (χ2v) is 16.7. The number of anilines is 1. The highest BCUT2D eigenvalue weighted by molar-refractivity contribution is 5.99. The molecule has 9 atom stereocenters. The highest BCUT2D eigenvalue weighted by Crippen LogP contribution is 2.61. The van der Waals surface area contributed by atoms with Crippen LogP contribution in [0.2, 0.25) is 0 Å². The zero-order valence-electron chi connectivity index (χ0n) is 34.0. The van der Waals surface area contributed by atoms with Gasteiger partial charge in [-0.3, -0.25) is 14.4 Å². The van der Waals surface area contributed by atoms with Crippen molar-refractivity contribution in [2.45, 2.75) is 83.8 Å². The van der Waals surface area contributed by atoms with Gasteiger partial charge in [-0.25, -0.2) is 4.79 Å². The maximum atomic E-state index is 14.3. The van der Waals surface area contributed by atoms with Crippen molar-refractivity contribution in [1.29, 1.82) is 0 Å². The normalized spacial score (nSPS) is 26.4. The number of nitrogens with zero attached hydrogens (tertiary/aromatic N) is 2. The molecule has 0 radical (unpaired) electrons. The first kappa shape index (κ1) is 41.2. The molecule has 12 nitrogen and oxygen atoms in total. The molecular formula is C44H59N5O7. The Morgan fingerprint density at radius 1 is 1.05 bits per heavy atom. The first-order valence-corrected chi connectivity index (χ1v) is 19.7. The number of hydrogen-bond donors (Lipinski definition) is 4. The summed E-state index contributed by atoms with van der Waals surface area (Å²) in [5.41, 5.74) is 10.6. The fourth-order valence-electron chi connectivity index (χ4n) is 9.46. The molecule has 3 aliphatic carbocycles. The molecule has 0 spiro atoms. The van der Waals surface area contributed by atoms with Crippen molar-refractivity contribution in [3.05, 3.63) is 83.4 Å². The second-order valence-electron chi connectivity index (χ2n) is 16.7. The molecule has 0 unspecified atom stereocenters. The lowest BCUT2D eigenvalue weighted by Gasteiger charge is -2.62. The summed E-state index contributed by atoms with van der Waals surface area (Å²) >= 11 is 0. The Bertz CT molecular complexity index is 1880. The first-order valence-electron chi connectivity index (χ1n) is 19.7. The number of aliphatic hydroxyl groups is 1. The van der Waals surface area contributed by atoms with Crippen LogP contribution in [0.25, 0.3) is 11.1 Å². The van der Waals surface area contributed by atoms with Gasteiger partial charge < -0.3 is 35.8 Å². The number of methoxy groups -OCH3 is 2. The summed E-state index contributed by atoms with van der Waals surface area (Å²) in [6.45, 7) is 8.91. The second kappa shape index (κ2) is 16.9. The SMILES string of the molecule is COC(=O)[C@H](Cc1ccccc1)NC(=O)c1cc(-c2cccc(CN3O[C@@H](CN)[C@@H]([C@H](C)O)[C@H]3C(=O)N[C@H]3C[C@H]4C[C@H]([C@@H]3C)C4(C)C)c2OC)cc(N(C)C)c1. The predicted octanol–water partition coefficient (Wildman–Crippen LogP) is 4.57. The Kier molecular flexibility index (Phi) is 12.4. The van der Waals surface area contributed by atoms with Crippen molar-refractivity contribution in [3.63, 3.8) is 0 Å². The Labute approximate surface area is 331 Å². The van der Waals surface area contributed by atoms with Crippen LogP contribution in [-0.2, 0) is 32.1 Å². The molecule has 2 amide bonds. The third kappa shape index (κ3) is 8.16. The largest absolute Gasteiger partial charge is 0.496 e. The monoisotopic (exact) mass is 769 g/mol. The van der Waals surface area contributed by atoms with Crippen LogP contribution in [0.3, 0.4) is 0 Å².